The molecule has 1 heterocycles. The van der Waals surface area contributed by atoms with Gasteiger partial charge in [-0.3, -0.25) is 10.1 Å². The smallest absolute Gasteiger partial charge is 0.257 e. The Hall–Kier alpha value is -1.76. The number of thiocarbonyl (C=S) groups is 1. The summed E-state index contributed by atoms with van der Waals surface area (Å²) < 4.78 is 25.8. The molecule has 0 bridgehead atoms. The average molecular weight is 544 g/mol. The van der Waals surface area contributed by atoms with E-state index in [9.17, 15) is 13.2 Å². The molecule has 1 aliphatic heterocycles. The first-order valence-corrected chi connectivity index (χ1v) is 12.2. The molecule has 0 aliphatic carbocycles. The second-order valence-corrected chi connectivity index (χ2v) is 10.2. The lowest BCUT2D eigenvalue weighted by Gasteiger charge is -2.34. The van der Waals surface area contributed by atoms with Crippen molar-refractivity contribution in [2.45, 2.75) is 0 Å². The van der Waals surface area contributed by atoms with Crippen LogP contribution in [0.1, 0.15) is 10.4 Å². The quantitative estimate of drug-likeness (QED) is 0.455. The molecule has 3 rings (SSSR count). The number of nitrogens with one attached hydrogen (secondary N) is 2. The summed E-state index contributed by atoms with van der Waals surface area (Å²) in [5.41, 5.74) is 2.31. The second-order valence-electron chi connectivity index (χ2n) is 6.61. The third kappa shape index (κ3) is 6.11. The maximum Gasteiger partial charge on any atom is 0.257 e. The van der Waals surface area contributed by atoms with Crippen molar-refractivity contribution < 1.29 is 13.2 Å². The van der Waals surface area contributed by atoms with Crippen molar-refractivity contribution >= 4 is 67.2 Å². The number of carbonyl (C=O) groups is 1. The molecule has 0 radical (unpaired) electrons. The van der Waals surface area contributed by atoms with Crippen molar-refractivity contribution in [3.05, 3.63) is 57.7 Å². The number of hydrogen-bond acceptors (Lipinski definition) is 5. The molecule has 1 saturated heterocycles. The molecular weight excluding hydrogens is 523 g/mol. The lowest BCUT2D eigenvalue weighted by molar-refractivity contribution is 0.0977. The molecule has 2 N–H and O–H groups in total. The van der Waals surface area contributed by atoms with E-state index in [0.717, 1.165) is 14.9 Å². The predicted molar refractivity (Wildman–Crippen MR) is 128 cm³/mol. The van der Waals surface area contributed by atoms with Crippen LogP contribution in [0.4, 0.5) is 11.4 Å². The Morgan fingerprint density at radius 2 is 1.59 bits per heavy atom. The van der Waals surface area contributed by atoms with Crippen molar-refractivity contribution in [1.29, 1.82) is 0 Å². The van der Waals surface area contributed by atoms with Gasteiger partial charge in [-0.15, -0.1) is 0 Å². The third-order valence-corrected chi connectivity index (χ3v) is 6.76. The highest BCUT2D eigenvalue weighted by Crippen LogP contribution is 2.20. The standard InChI is InChI=1S/C19H21IN4O3S2/c1-29(26,27)24-12-10-23(11-13-24)17-8-6-16(7-9-17)21-19(28)22-18(25)14-2-4-15(20)5-3-14/h2-9H,10-13H2,1H3,(H2,21,22,25,28). The number of amides is 1. The summed E-state index contributed by atoms with van der Waals surface area (Å²) in [6.07, 6.45) is 1.24. The Kier molecular flexibility index (Phi) is 7.09. The monoisotopic (exact) mass is 544 g/mol. The normalized spacial score (nSPS) is 15.0. The summed E-state index contributed by atoms with van der Waals surface area (Å²) in [4.78, 5) is 14.4. The van der Waals surface area contributed by atoms with Crippen LogP contribution in [-0.2, 0) is 10.0 Å². The number of carbonyl (C=O) groups excluding carboxylic acids is 1. The minimum Gasteiger partial charge on any atom is -0.369 e. The van der Waals surface area contributed by atoms with Gasteiger partial charge in [-0.1, -0.05) is 0 Å². The molecule has 29 heavy (non-hydrogen) atoms. The van der Waals surface area contributed by atoms with Crippen molar-refractivity contribution in [3.8, 4) is 0 Å². The minimum absolute atomic E-state index is 0.225. The van der Waals surface area contributed by atoms with E-state index in [1.165, 1.54) is 10.6 Å². The van der Waals surface area contributed by atoms with Gasteiger partial charge < -0.3 is 10.2 Å². The maximum atomic E-state index is 12.2. The zero-order valence-electron chi connectivity index (χ0n) is 15.8. The molecule has 2 aromatic carbocycles. The maximum absolute atomic E-state index is 12.2. The number of rotatable bonds is 4. The second kappa shape index (κ2) is 9.37. The zero-order valence-corrected chi connectivity index (χ0v) is 19.6. The van der Waals surface area contributed by atoms with E-state index in [2.05, 4.69) is 38.1 Å². The van der Waals surface area contributed by atoms with Crippen molar-refractivity contribution in [2.75, 3.05) is 42.7 Å². The molecule has 1 fully saturated rings. The Balaban J connectivity index is 1.53. The highest BCUT2D eigenvalue weighted by molar-refractivity contribution is 14.1. The van der Waals surface area contributed by atoms with E-state index in [1.54, 1.807) is 12.1 Å². The van der Waals surface area contributed by atoms with Gasteiger partial charge in [0.25, 0.3) is 5.91 Å². The lowest BCUT2D eigenvalue weighted by atomic mass is 10.2. The van der Waals surface area contributed by atoms with Crippen LogP contribution in [-0.4, -0.2) is 56.2 Å². The van der Waals surface area contributed by atoms with Crippen LogP contribution in [0.2, 0.25) is 0 Å². The number of anilines is 2. The molecule has 7 nitrogen and oxygen atoms in total. The van der Waals surface area contributed by atoms with Gasteiger partial charge in [0.1, 0.15) is 0 Å². The van der Waals surface area contributed by atoms with Gasteiger partial charge in [0, 0.05) is 46.7 Å². The summed E-state index contributed by atoms with van der Waals surface area (Å²) in [5.74, 6) is -0.265. The number of piperazine rings is 1. The number of benzene rings is 2. The highest BCUT2D eigenvalue weighted by Gasteiger charge is 2.23. The average Bonchev–Trinajstić information content (AvgIpc) is 2.68. The minimum atomic E-state index is -3.14. The van der Waals surface area contributed by atoms with Gasteiger partial charge in [-0.2, -0.15) is 4.31 Å². The van der Waals surface area contributed by atoms with Crippen LogP contribution in [0, 0.1) is 3.57 Å². The molecule has 0 atom stereocenters. The fraction of sp³-hybridized carbons (Fsp3) is 0.263. The summed E-state index contributed by atoms with van der Waals surface area (Å²) in [7, 11) is -3.14. The number of hydrogen-bond donors (Lipinski definition) is 2. The van der Waals surface area contributed by atoms with E-state index in [-0.39, 0.29) is 11.0 Å². The first-order valence-electron chi connectivity index (χ1n) is 8.90. The third-order valence-electron chi connectivity index (χ3n) is 4.53. The van der Waals surface area contributed by atoms with Crippen LogP contribution in [0.5, 0.6) is 0 Å². The molecule has 0 saturated carbocycles. The van der Waals surface area contributed by atoms with Gasteiger partial charge in [-0.05, 0) is 83.3 Å². The Morgan fingerprint density at radius 3 is 2.14 bits per heavy atom. The molecule has 154 valence electrons. The van der Waals surface area contributed by atoms with Gasteiger partial charge >= 0.3 is 0 Å². The number of sulfonamides is 1. The Bertz CT molecular complexity index is 987. The van der Waals surface area contributed by atoms with Crippen LogP contribution < -0.4 is 15.5 Å². The highest BCUT2D eigenvalue weighted by atomic mass is 127. The summed E-state index contributed by atoms with van der Waals surface area (Å²) >= 11 is 7.41. The number of halogens is 1. The van der Waals surface area contributed by atoms with Crippen LogP contribution >= 0.6 is 34.8 Å². The lowest BCUT2D eigenvalue weighted by Crippen LogP contribution is -2.48. The molecule has 0 spiro atoms. The van der Waals surface area contributed by atoms with Crippen molar-refractivity contribution in [2.24, 2.45) is 0 Å². The van der Waals surface area contributed by atoms with Gasteiger partial charge in [0.2, 0.25) is 10.0 Å². The molecule has 0 unspecified atom stereocenters. The molecule has 1 amide bonds. The molecule has 1 aliphatic rings. The molecule has 10 heteroatoms. The first kappa shape index (κ1) is 21.9. The van der Waals surface area contributed by atoms with Crippen molar-refractivity contribution in [1.82, 2.24) is 9.62 Å². The fourth-order valence-electron chi connectivity index (χ4n) is 2.97. The van der Waals surface area contributed by atoms with E-state index >= 15 is 0 Å². The van der Waals surface area contributed by atoms with Crippen LogP contribution in [0.3, 0.4) is 0 Å². The Labute approximate surface area is 189 Å². The van der Waals surface area contributed by atoms with Crippen LogP contribution in [0.25, 0.3) is 0 Å². The van der Waals surface area contributed by atoms with Gasteiger partial charge in [-0.25, -0.2) is 8.42 Å². The summed E-state index contributed by atoms with van der Waals surface area (Å²) in [6, 6.07) is 14.9. The fourth-order valence-corrected chi connectivity index (χ4v) is 4.37. The zero-order chi connectivity index (χ0) is 21.0. The molecular formula is C19H21IN4O3S2. The van der Waals surface area contributed by atoms with Crippen molar-refractivity contribution in [3.63, 3.8) is 0 Å². The van der Waals surface area contributed by atoms with Gasteiger partial charge in [0.05, 0.1) is 6.26 Å². The van der Waals surface area contributed by atoms with E-state index < -0.39 is 10.0 Å². The predicted octanol–water partition coefficient (Wildman–Crippen LogP) is 2.50. The molecule has 2 aromatic rings. The summed E-state index contributed by atoms with van der Waals surface area (Å²) in [6.45, 7) is 2.25. The number of nitrogens with zero attached hydrogens (tertiary/aromatic N) is 2. The SMILES string of the molecule is CS(=O)(=O)N1CCN(c2ccc(NC(=S)NC(=O)c3ccc(I)cc3)cc2)CC1. The van der Waals surface area contributed by atoms with E-state index in [0.29, 0.717) is 31.7 Å². The van der Waals surface area contributed by atoms with E-state index in [1.807, 2.05) is 36.4 Å². The van der Waals surface area contributed by atoms with E-state index in [4.69, 9.17) is 12.2 Å². The molecule has 0 aromatic heterocycles. The topological polar surface area (TPSA) is 81.8 Å². The summed E-state index contributed by atoms with van der Waals surface area (Å²) in [5, 5.41) is 5.90. The first-order chi connectivity index (χ1) is 13.7. The largest absolute Gasteiger partial charge is 0.369 e. The van der Waals surface area contributed by atoms with Crippen LogP contribution in [0.15, 0.2) is 48.5 Å². The van der Waals surface area contributed by atoms with Gasteiger partial charge in [0.15, 0.2) is 5.11 Å². The Morgan fingerprint density at radius 1 is 1.00 bits per heavy atom.